The average Bonchev–Trinajstić information content (AvgIpc) is 3.19. The first-order chi connectivity index (χ1) is 29.0. The highest BCUT2D eigenvalue weighted by Crippen LogP contribution is 2.41. The minimum Gasteiger partial charge on any atom is -0.459 e. The lowest BCUT2D eigenvalue weighted by Crippen LogP contribution is -2.61. The minimum atomic E-state index is -3.72. The number of ether oxygens (including phenoxy) is 6. The molecular formula is C45H85NO16S. The van der Waals surface area contributed by atoms with Gasteiger partial charge in [-0.05, 0) is 81.3 Å². The molecule has 0 bridgehead atoms. The zero-order valence-electron chi connectivity index (χ0n) is 40.6. The average molecular weight is 928 g/mol. The van der Waals surface area contributed by atoms with Crippen molar-refractivity contribution >= 4 is 21.9 Å². The van der Waals surface area contributed by atoms with E-state index >= 15 is 0 Å². The Morgan fingerprint density at radius 2 is 1.41 bits per heavy atom. The van der Waals surface area contributed by atoms with Crippen LogP contribution in [0.1, 0.15) is 140 Å². The summed E-state index contributed by atoms with van der Waals surface area (Å²) >= 11 is 0. The smallest absolute Gasteiger partial charge is 0.311 e. The number of carbonyl (C=O) groups excluding carboxylic acids is 2. The van der Waals surface area contributed by atoms with Crippen LogP contribution in [0, 0.1) is 23.7 Å². The summed E-state index contributed by atoms with van der Waals surface area (Å²) in [5, 5.41) is 57.6. The van der Waals surface area contributed by atoms with Gasteiger partial charge in [0.15, 0.2) is 12.6 Å². The first-order valence-electron chi connectivity index (χ1n) is 23.0. The van der Waals surface area contributed by atoms with Crippen molar-refractivity contribution in [2.45, 2.75) is 225 Å². The SMILES string of the molecule is CCCCCCCCS(=O)(=O)O.CC[C@H]1OC(=O)[C@H](C)[C@@H](O[C@H]2C[C@@](C)(OC)[C@@H](O)[C@H](C)O2)[C@H](C)[C@@H](O[C@@H]2O[C@H](C)C[C@H](N(C)C)[C@H]2O)[C@](C)(O)C[C@@H](C)C(=O)[C@H](C)[C@@H](O)[C@]1(C)O. The number of Topliss-reactive ketones (excluding diaryl/α,β-unsaturated/α-hetero) is 1. The van der Waals surface area contributed by atoms with Crippen LogP contribution in [0.15, 0.2) is 0 Å². The molecule has 3 fully saturated rings. The predicted octanol–water partition coefficient (Wildman–Crippen LogP) is 4.02. The van der Waals surface area contributed by atoms with E-state index in [2.05, 4.69) is 6.92 Å². The van der Waals surface area contributed by atoms with Crippen LogP contribution in [0.3, 0.4) is 0 Å². The summed E-state index contributed by atoms with van der Waals surface area (Å²) in [6.45, 7) is 18.5. The van der Waals surface area contributed by atoms with Gasteiger partial charge in [0.05, 0.1) is 53.4 Å². The maximum atomic E-state index is 14.1. The van der Waals surface area contributed by atoms with Gasteiger partial charge in [-0.3, -0.25) is 14.1 Å². The van der Waals surface area contributed by atoms with Gasteiger partial charge in [0.2, 0.25) is 0 Å². The molecule has 0 radical (unpaired) electrons. The van der Waals surface area contributed by atoms with Gasteiger partial charge in [-0.25, -0.2) is 0 Å². The molecule has 3 rings (SSSR count). The van der Waals surface area contributed by atoms with E-state index in [1.807, 2.05) is 25.9 Å². The Labute approximate surface area is 377 Å². The molecule has 63 heavy (non-hydrogen) atoms. The van der Waals surface area contributed by atoms with E-state index in [1.165, 1.54) is 47.1 Å². The third-order valence-electron chi connectivity index (χ3n) is 13.6. The molecule has 3 saturated heterocycles. The molecular weight excluding hydrogens is 843 g/mol. The van der Waals surface area contributed by atoms with Gasteiger partial charge in [0.25, 0.3) is 10.1 Å². The van der Waals surface area contributed by atoms with Crippen LogP contribution in [0.5, 0.6) is 0 Å². The van der Waals surface area contributed by atoms with Crippen LogP contribution >= 0.6 is 0 Å². The molecule has 0 spiro atoms. The lowest BCUT2D eigenvalue weighted by Gasteiger charge is -2.49. The van der Waals surface area contributed by atoms with Crippen molar-refractivity contribution < 1.29 is 76.5 Å². The van der Waals surface area contributed by atoms with E-state index in [-0.39, 0.29) is 37.2 Å². The highest BCUT2D eigenvalue weighted by molar-refractivity contribution is 7.85. The molecule has 18 heteroatoms. The van der Waals surface area contributed by atoms with Crippen molar-refractivity contribution in [3.05, 3.63) is 0 Å². The second-order valence-electron chi connectivity index (χ2n) is 19.5. The lowest BCUT2D eigenvalue weighted by molar-refractivity contribution is -0.318. The Hall–Kier alpha value is -1.39. The molecule has 0 aromatic rings. The summed E-state index contributed by atoms with van der Waals surface area (Å²) in [5.41, 5.74) is -4.84. The zero-order valence-corrected chi connectivity index (χ0v) is 41.4. The van der Waals surface area contributed by atoms with E-state index in [9.17, 15) is 43.5 Å². The van der Waals surface area contributed by atoms with Crippen LogP contribution < -0.4 is 0 Å². The van der Waals surface area contributed by atoms with Gasteiger partial charge in [0.1, 0.15) is 29.7 Å². The number of likely N-dealkylation sites (N-methyl/N-ethyl adjacent to an activating group) is 1. The van der Waals surface area contributed by atoms with E-state index in [4.69, 9.17) is 33.0 Å². The largest absolute Gasteiger partial charge is 0.459 e. The molecule has 372 valence electrons. The molecule has 3 aliphatic heterocycles. The summed E-state index contributed by atoms with van der Waals surface area (Å²) in [7, 11) is 1.46. The second kappa shape index (κ2) is 24.6. The van der Waals surface area contributed by atoms with Gasteiger partial charge in [-0.15, -0.1) is 0 Å². The van der Waals surface area contributed by atoms with Crippen LogP contribution in [0.2, 0.25) is 0 Å². The van der Waals surface area contributed by atoms with Crippen LogP contribution in [-0.4, -0.2) is 166 Å². The van der Waals surface area contributed by atoms with Crippen molar-refractivity contribution in [1.82, 2.24) is 4.90 Å². The first-order valence-corrected chi connectivity index (χ1v) is 24.6. The number of hydrogen-bond donors (Lipinski definition) is 6. The fraction of sp³-hybridized carbons (Fsp3) is 0.956. The molecule has 0 aromatic heterocycles. The highest BCUT2D eigenvalue weighted by atomic mass is 32.2. The number of nitrogens with zero attached hydrogens (tertiary/aromatic N) is 1. The predicted molar refractivity (Wildman–Crippen MR) is 236 cm³/mol. The lowest BCUT2D eigenvalue weighted by atomic mass is 9.74. The van der Waals surface area contributed by atoms with Crippen LogP contribution in [0.25, 0.3) is 0 Å². The Kier molecular flexibility index (Phi) is 22.5. The molecule has 0 aromatic carbocycles. The number of rotatable bonds is 14. The van der Waals surface area contributed by atoms with E-state index in [1.54, 1.807) is 41.5 Å². The standard InChI is InChI=1S/C37H67NO13.C8H18O3S/c1-14-25-37(10,45)30(41)20(4)27(39)18(2)16-35(8,44)32(51-34-28(40)24(38(11)12)15-19(3)47-34)21(5)29(22(6)33(43)49-25)50-26-17-36(9,46-13)31(42)23(7)48-26;1-2-3-4-5-6-7-8-12(9,10)11/h18-26,28-32,34,40-42,44-45H,14-17H2,1-13H3;2-8H2,1H3,(H,9,10,11)/t18-,19-,20+,21+,22-,23+,24+,25-,26+,28-,29+,30-,31+,32-,34+,35-,36-,37-;/m1./s1. The molecule has 17 nitrogen and oxygen atoms in total. The Morgan fingerprint density at radius 3 is 1.95 bits per heavy atom. The van der Waals surface area contributed by atoms with Crippen LogP contribution in [-0.2, 0) is 48.1 Å². The van der Waals surface area contributed by atoms with Crippen molar-refractivity contribution in [1.29, 1.82) is 0 Å². The number of carbonyl (C=O) groups is 2. The van der Waals surface area contributed by atoms with E-state index in [0.29, 0.717) is 12.8 Å². The normalized spacial score (nSPS) is 42.5. The monoisotopic (exact) mass is 928 g/mol. The highest BCUT2D eigenvalue weighted by Gasteiger charge is 2.53. The number of aliphatic hydroxyl groups excluding tert-OH is 3. The maximum Gasteiger partial charge on any atom is 0.311 e. The van der Waals surface area contributed by atoms with Crippen LogP contribution in [0.4, 0.5) is 0 Å². The Morgan fingerprint density at radius 1 is 0.825 bits per heavy atom. The van der Waals surface area contributed by atoms with Gasteiger partial charge in [0, 0.05) is 37.3 Å². The van der Waals surface area contributed by atoms with Crippen molar-refractivity contribution in [3.8, 4) is 0 Å². The number of hydrogen-bond acceptors (Lipinski definition) is 16. The number of ketones is 1. The number of aliphatic hydroxyl groups is 5. The first kappa shape index (κ1) is 57.7. The third-order valence-corrected chi connectivity index (χ3v) is 14.4. The molecule has 18 atom stereocenters. The van der Waals surface area contributed by atoms with Crippen molar-refractivity contribution in [3.63, 3.8) is 0 Å². The molecule has 0 saturated carbocycles. The Balaban J connectivity index is 0.000000988. The molecule has 3 aliphatic rings. The molecule has 6 N–H and O–H groups in total. The second-order valence-corrected chi connectivity index (χ2v) is 21.1. The van der Waals surface area contributed by atoms with Gasteiger partial charge < -0.3 is 58.9 Å². The van der Waals surface area contributed by atoms with Crippen molar-refractivity contribution in [2.24, 2.45) is 23.7 Å². The van der Waals surface area contributed by atoms with E-state index < -0.39 is 118 Å². The summed E-state index contributed by atoms with van der Waals surface area (Å²) in [5.74, 6) is -5.06. The number of esters is 1. The number of unbranched alkanes of at least 4 members (excludes halogenated alkanes) is 5. The summed E-state index contributed by atoms with van der Waals surface area (Å²) < 4.78 is 66.0. The topological polar surface area (TPSA) is 248 Å². The third kappa shape index (κ3) is 15.9. The minimum absolute atomic E-state index is 0.0842. The molecule has 3 heterocycles. The summed E-state index contributed by atoms with van der Waals surface area (Å²) in [6, 6.07) is -0.324. The Bertz CT molecular complexity index is 1510. The van der Waals surface area contributed by atoms with Gasteiger partial charge in [-0.1, -0.05) is 66.7 Å². The van der Waals surface area contributed by atoms with E-state index in [0.717, 1.165) is 12.8 Å². The quantitative estimate of drug-likeness (QED) is 0.0818. The van der Waals surface area contributed by atoms with Gasteiger partial charge in [-0.2, -0.15) is 8.42 Å². The number of cyclic esters (lactones) is 1. The molecule has 0 amide bonds. The summed E-state index contributed by atoms with van der Waals surface area (Å²) in [4.78, 5) is 29.8. The maximum absolute atomic E-state index is 14.1. The zero-order chi connectivity index (χ0) is 48.4. The molecule has 0 unspecified atom stereocenters. The van der Waals surface area contributed by atoms with Crippen molar-refractivity contribution in [2.75, 3.05) is 27.0 Å². The fourth-order valence-electron chi connectivity index (χ4n) is 9.48. The summed E-state index contributed by atoms with van der Waals surface area (Å²) in [6.07, 6.45) is -3.57. The van der Waals surface area contributed by atoms with Gasteiger partial charge >= 0.3 is 5.97 Å². The number of methoxy groups -OCH3 is 1. The fourth-order valence-corrected chi connectivity index (χ4v) is 10.0. The molecule has 0 aliphatic carbocycles.